The Morgan fingerprint density at radius 1 is 1.62 bits per heavy atom. The van der Waals surface area contributed by atoms with Crippen molar-refractivity contribution in [3.8, 4) is 0 Å². The predicted octanol–water partition coefficient (Wildman–Crippen LogP) is 0.807. The van der Waals surface area contributed by atoms with Crippen LogP contribution in [-0.2, 0) is 11.3 Å². The molecule has 0 aromatic carbocycles. The summed E-state index contributed by atoms with van der Waals surface area (Å²) in [5, 5.41) is 12.8. The Morgan fingerprint density at radius 3 is 2.81 bits per heavy atom. The largest absolute Gasteiger partial charge is 0.481 e. The molecule has 1 aliphatic carbocycles. The van der Waals surface area contributed by atoms with E-state index in [4.69, 9.17) is 5.11 Å². The van der Waals surface area contributed by atoms with Crippen molar-refractivity contribution in [2.75, 3.05) is 0 Å². The van der Waals surface area contributed by atoms with Crippen LogP contribution < -0.4 is 5.56 Å². The van der Waals surface area contributed by atoms with Gasteiger partial charge in [0.05, 0.1) is 19.2 Å². The van der Waals surface area contributed by atoms with Gasteiger partial charge in [0.25, 0.3) is 5.56 Å². The summed E-state index contributed by atoms with van der Waals surface area (Å²) in [6, 6.07) is 1.52. The molecule has 5 nitrogen and oxygen atoms in total. The second-order valence-corrected chi connectivity index (χ2v) is 4.60. The highest BCUT2D eigenvalue weighted by molar-refractivity contribution is 5.68. The minimum Gasteiger partial charge on any atom is -0.481 e. The van der Waals surface area contributed by atoms with Gasteiger partial charge in [0.2, 0.25) is 0 Å². The summed E-state index contributed by atoms with van der Waals surface area (Å²) in [5.41, 5.74) is 0.429. The van der Waals surface area contributed by atoms with Gasteiger partial charge in [0, 0.05) is 11.5 Å². The first-order valence-electron chi connectivity index (χ1n) is 5.26. The summed E-state index contributed by atoms with van der Waals surface area (Å²) in [6.07, 6.45) is 3.47. The zero-order valence-corrected chi connectivity index (χ0v) is 9.14. The third-order valence-electron chi connectivity index (χ3n) is 2.97. The molecule has 0 radical (unpaired) electrons. The molecular formula is C11H14N2O3. The molecule has 0 unspecified atom stereocenters. The molecule has 86 valence electrons. The molecule has 1 N–H and O–H groups in total. The van der Waals surface area contributed by atoms with E-state index < -0.39 is 5.97 Å². The molecule has 2 rings (SSSR count). The Bertz CT molecular complexity index is 474. The first-order chi connectivity index (χ1) is 7.51. The molecule has 1 aliphatic rings. The zero-order chi connectivity index (χ0) is 11.8. The third kappa shape index (κ3) is 2.29. The van der Waals surface area contributed by atoms with Gasteiger partial charge in [-0.3, -0.25) is 9.59 Å². The Labute approximate surface area is 92.7 Å². The summed E-state index contributed by atoms with van der Waals surface area (Å²) in [4.78, 5) is 22.3. The molecule has 1 saturated carbocycles. The number of aryl methyl sites for hydroxylation is 1. The van der Waals surface area contributed by atoms with Gasteiger partial charge in [0.1, 0.15) is 0 Å². The van der Waals surface area contributed by atoms with Gasteiger partial charge in [-0.2, -0.15) is 5.10 Å². The average Bonchev–Trinajstić information content (AvgIpc) is 2.89. The number of carboxylic acids is 1. The van der Waals surface area contributed by atoms with Crippen LogP contribution in [0.25, 0.3) is 0 Å². The van der Waals surface area contributed by atoms with Crippen molar-refractivity contribution in [3.63, 3.8) is 0 Å². The number of hydrogen-bond donors (Lipinski definition) is 1. The van der Waals surface area contributed by atoms with E-state index in [1.165, 1.54) is 10.7 Å². The number of carbonyl (C=O) groups is 1. The normalized spacial score (nSPS) is 17.1. The molecule has 0 bridgehead atoms. The third-order valence-corrected chi connectivity index (χ3v) is 2.97. The first-order valence-corrected chi connectivity index (χ1v) is 5.26. The number of aromatic nitrogens is 2. The van der Waals surface area contributed by atoms with Crippen LogP contribution >= 0.6 is 0 Å². The number of rotatable bonds is 4. The fourth-order valence-electron chi connectivity index (χ4n) is 1.85. The summed E-state index contributed by atoms with van der Waals surface area (Å²) in [7, 11) is 0. The number of aliphatic carboxylic acids is 1. The van der Waals surface area contributed by atoms with E-state index in [1.54, 1.807) is 6.20 Å². The highest BCUT2D eigenvalue weighted by Crippen LogP contribution is 2.49. The maximum Gasteiger partial charge on any atom is 0.303 e. The van der Waals surface area contributed by atoms with E-state index in [2.05, 4.69) is 5.10 Å². The second-order valence-electron chi connectivity index (χ2n) is 4.60. The maximum absolute atomic E-state index is 11.6. The molecule has 0 spiro atoms. The zero-order valence-electron chi connectivity index (χ0n) is 9.14. The van der Waals surface area contributed by atoms with Crippen LogP contribution in [0.15, 0.2) is 17.1 Å². The molecule has 1 fully saturated rings. The van der Waals surface area contributed by atoms with E-state index in [-0.39, 0.29) is 17.4 Å². The lowest BCUT2D eigenvalue weighted by Crippen LogP contribution is -2.27. The van der Waals surface area contributed by atoms with E-state index in [1.807, 2.05) is 6.92 Å². The topological polar surface area (TPSA) is 72.2 Å². The standard InChI is InChI=1S/C11H14N2O3/c1-8-4-9(14)13(12-6-8)7-11(2-3-11)5-10(15)16/h4,6H,2-3,5,7H2,1H3,(H,15,16). The second kappa shape index (κ2) is 3.73. The van der Waals surface area contributed by atoms with Gasteiger partial charge in [0.15, 0.2) is 0 Å². The van der Waals surface area contributed by atoms with Crippen molar-refractivity contribution < 1.29 is 9.90 Å². The van der Waals surface area contributed by atoms with Gasteiger partial charge < -0.3 is 5.11 Å². The summed E-state index contributed by atoms with van der Waals surface area (Å²) >= 11 is 0. The van der Waals surface area contributed by atoms with Crippen LogP contribution in [0, 0.1) is 12.3 Å². The van der Waals surface area contributed by atoms with Gasteiger partial charge in [-0.15, -0.1) is 0 Å². The minimum absolute atomic E-state index is 0.120. The molecule has 16 heavy (non-hydrogen) atoms. The van der Waals surface area contributed by atoms with Crippen LogP contribution in [-0.4, -0.2) is 20.9 Å². The molecule has 1 heterocycles. The lowest BCUT2D eigenvalue weighted by atomic mass is 10.0. The van der Waals surface area contributed by atoms with Crippen molar-refractivity contribution in [1.29, 1.82) is 0 Å². The van der Waals surface area contributed by atoms with Crippen molar-refractivity contribution in [2.45, 2.75) is 32.7 Å². The van der Waals surface area contributed by atoms with E-state index in [0.717, 1.165) is 18.4 Å². The SMILES string of the molecule is Cc1cnn(CC2(CC(=O)O)CC2)c(=O)c1. The Kier molecular flexibility index (Phi) is 2.53. The molecule has 5 heteroatoms. The van der Waals surface area contributed by atoms with E-state index in [9.17, 15) is 9.59 Å². The summed E-state index contributed by atoms with van der Waals surface area (Å²) < 4.78 is 1.36. The Balaban J connectivity index is 2.15. The first kappa shape index (κ1) is 10.9. The molecule has 1 aromatic rings. The fourth-order valence-corrected chi connectivity index (χ4v) is 1.85. The van der Waals surface area contributed by atoms with Crippen LogP contribution in [0.3, 0.4) is 0 Å². The van der Waals surface area contributed by atoms with Crippen LogP contribution in [0.5, 0.6) is 0 Å². The molecule has 0 aliphatic heterocycles. The molecular weight excluding hydrogens is 208 g/mol. The molecule has 0 amide bonds. The van der Waals surface area contributed by atoms with E-state index in [0.29, 0.717) is 6.54 Å². The predicted molar refractivity (Wildman–Crippen MR) is 57.2 cm³/mol. The molecule has 0 atom stereocenters. The van der Waals surface area contributed by atoms with Gasteiger partial charge in [-0.1, -0.05) is 0 Å². The Hall–Kier alpha value is -1.65. The quantitative estimate of drug-likeness (QED) is 0.818. The van der Waals surface area contributed by atoms with Crippen LogP contribution in [0.2, 0.25) is 0 Å². The smallest absolute Gasteiger partial charge is 0.303 e. The van der Waals surface area contributed by atoms with Crippen LogP contribution in [0.1, 0.15) is 24.8 Å². The van der Waals surface area contributed by atoms with Gasteiger partial charge in [-0.25, -0.2) is 4.68 Å². The highest BCUT2D eigenvalue weighted by atomic mass is 16.4. The van der Waals surface area contributed by atoms with Crippen LogP contribution in [0.4, 0.5) is 0 Å². The van der Waals surface area contributed by atoms with Gasteiger partial charge >= 0.3 is 5.97 Å². The summed E-state index contributed by atoms with van der Waals surface area (Å²) in [6.45, 7) is 2.22. The Morgan fingerprint density at radius 2 is 2.31 bits per heavy atom. The molecule has 1 aromatic heterocycles. The lowest BCUT2D eigenvalue weighted by molar-refractivity contribution is -0.138. The van der Waals surface area contributed by atoms with Crippen molar-refractivity contribution in [3.05, 3.63) is 28.2 Å². The fraction of sp³-hybridized carbons (Fsp3) is 0.545. The highest BCUT2D eigenvalue weighted by Gasteiger charge is 2.45. The van der Waals surface area contributed by atoms with Gasteiger partial charge in [-0.05, 0) is 25.3 Å². The lowest BCUT2D eigenvalue weighted by Gasteiger charge is -2.13. The maximum atomic E-state index is 11.6. The molecule has 0 saturated heterocycles. The van der Waals surface area contributed by atoms with E-state index >= 15 is 0 Å². The van der Waals surface area contributed by atoms with Crippen molar-refractivity contribution >= 4 is 5.97 Å². The van der Waals surface area contributed by atoms with Crippen molar-refractivity contribution in [1.82, 2.24) is 9.78 Å². The monoisotopic (exact) mass is 222 g/mol. The number of carboxylic acid groups (broad SMARTS) is 1. The summed E-state index contributed by atoms with van der Waals surface area (Å²) in [5.74, 6) is -0.808. The average molecular weight is 222 g/mol. The number of hydrogen-bond acceptors (Lipinski definition) is 3. The minimum atomic E-state index is -0.808. The van der Waals surface area contributed by atoms with Crippen molar-refractivity contribution in [2.24, 2.45) is 5.41 Å². The number of nitrogens with zero attached hydrogens (tertiary/aromatic N) is 2.